The first kappa shape index (κ1) is 23.4. The van der Waals surface area contributed by atoms with E-state index in [1.54, 1.807) is 24.3 Å². The van der Waals surface area contributed by atoms with Crippen LogP contribution in [0.2, 0.25) is 0 Å². The molecule has 168 valence electrons. The van der Waals surface area contributed by atoms with Crippen LogP contribution >= 0.6 is 0 Å². The van der Waals surface area contributed by atoms with Crippen LogP contribution in [-0.2, 0) is 16.1 Å². The lowest BCUT2D eigenvalue weighted by Crippen LogP contribution is -2.51. The van der Waals surface area contributed by atoms with Gasteiger partial charge in [0.25, 0.3) is 11.8 Å². The van der Waals surface area contributed by atoms with E-state index in [4.69, 9.17) is 9.94 Å². The fourth-order valence-electron chi connectivity index (χ4n) is 3.26. The fourth-order valence-corrected chi connectivity index (χ4v) is 3.26. The smallest absolute Gasteiger partial charge is 0.268 e. The van der Waals surface area contributed by atoms with Gasteiger partial charge in [0.15, 0.2) is 0 Å². The van der Waals surface area contributed by atoms with Gasteiger partial charge in [0.2, 0.25) is 0 Å². The molecule has 1 heterocycles. The number of carbonyl (C=O) groups is 2. The molecule has 8 nitrogen and oxygen atoms in total. The van der Waals surface area contributed by atoms with Gasteiger partial charge in [-0.2, -0.15) is 0 Å². The summed E-state index contributed by atoms with van der Waals surface area (Å²) in [6.07, 6.45) is -1.17. The Kier molecular flexibility index (Phi) is 8.36. The summed E-state index contributed by atoms with van der Waals surface area (Å²) in [6, 6.07) is 13.5. The summed E-state index contributed by atoms with van der Waals surface area (Å²) in [5, 5.41) is 20.7. The van der Waals surface area contributed by atoms with Crippen molar-refractivity contribution in [3.63, 3.8) is 0 Å². The number of nitrogens with zero attached hydrogens (tertiary/aromatic N) is 1. The van der Waals surface area contributed by atoms with Crippen molar-refractivity contribution in [2.45, 2.75) is 25.6 Å². The first-order valence-corrected chi connectivity index (χ1v) is 10.4. The molecule has 0 bridgehead atoms. The molecule has 0 unspecified atom stereocenters. The molecule has 0 aliphatic carbocycles. The van der Waals surface area contributed by atoms with Crippen LogP contribution in [0.3, 0.4) is 0 Å². The molecular formula is C24H27N3O5. The zero-order valence-electron chi connectivity index (χ0n) is 17.9. The second-order valence-corrected chi connectivity index (χ2v) is 7.58. The molecule has 8 heteroatoms. The topological polar surface area (TPSA) is 111 Å². The van der Waals surface area contributed by atoms with Gasteiger partial charge >= 0.3 is 0 Å². The molecule has 32 heavy (non-hydrogen) atoms. The molecule has 1 aliphatic heterocycles. The lowest BCUT2D eigenvalue weighted by molar-refractivity contribution is -0.133. The summed E-state index contributed by atoms with van der Waals surface area (Å²) in [6.45, 7) is 5.70. The quantitative estimate of drug-likeness (QED) is 0.304. The van der Waals surface area contributed by atoms with Crippen LogP contribution in [-0.4, -0.2) is 65.5 Å². The third-order valence-corrected chi connectivity index (χ3v) is 5.12. The van der Waals surface area contributed by atoms with Crippen LogP contribution < -0.4 is 10.8 Å². The molecule has 1 saturated heterocycles. The van der Waals surface area contributed by atoms with E-state index in [-0.39, 0.29) is 0 Å². The maximum Gasteiger partial charge on any atom is 0.268 e. The zero-order chi connectivity index (χ0) is 22.9. The van der Waals surface area contributed by atoms with Crippen LogP contribution in [0.4, 0.5) is 0 Å². The second kappa shape index (κ2) is 11.4. The fraction of sp³-hybridized carbons (Fsp3) is 0.333. The van der Waals surface area contributed by atoms with Gasteiger partial charge in [0, 0.05) is 36.3 Å². The van der Waals surface area contributed by atoms with E-state index in [1.807, 2.05) is 12.1 Å². The Morgan fingerprint density at radius 3 is 2.12 bits per heavy atom. The molecule has 1 fully saturated rings. The van der Waals surface area contributed by atoms with Crippen molar-refractivity contribution in [2.75, 3.05) is 26.3 Å². The molecule has 0 aromatic heterocycles. The van der Waals surface area contributed by atoms with Crippen LogP contribution in [0.1, 0.15) is 34.0 Å². The van der Waals surface area contributed by atoms with Crippen LogP contribution in [0.25, 0.3) is 0 Å². The highest BCUT2D eigenvalue weighted by atomic mass is 16.5. The van der Waals surface area contributed by atoms with Crippen molar-refractivity contribution in [1.29, 1.82) is 0 Å². The Labute approximate surface area is 187 Å². The number of hydrogen-bond donors (Lipinski definition) is 4. The zero-order valence-corrected chi connectivity index (χ0v) is 17.9. The molecule has 3 rings (SSSR count). The van der Waals surface area contributed by atoms with Crippen LogP contribution in [0.15, 0.2) is 48.5 Å². The average Bonchev–Trinajstić information content (AvgIpc) is 2.82. The van der Waals surface area contributed by atoms with Crippen molar-refractivity contribution in [3.05, 3.63) is 70.8 Å². The van der Waals surface area contributed by atoms with Gasteiger partial charge in [-0.3, -0.25) is 19.7 Å². The molecule has 2 aromatic carbocycles. The lowest BCUT2D eigenvalue weighted by atomic mass is 10.1. The minimum Gasteiger partial charge on any atom is -0.391 e. The van der Waals surface area contributed by atoms with Crippen molar-refractivity contribution in [1.82, 2.24) is 15.7 Å². The third kappa shape index (κ3) is 6.64. The molecule has 0 saturated carbocycles. The molecule has 2 atom stereocenters. The maximum atomic E-state index is 12.3. The highest BCUT2D eigenvalue weighted by Gasteiger charge is 2.25. The monoisotopic (exact) mass is 437 g/mol. The number of ether oxygens (including phenoxy) is 1. The molecule has 1 aliphatic rings. The highest BCUT2D eigenvalue weighted by molar-refractivity contribution is 5.97. The van der Waals surface area contributed by atoms with E-state index in [9.17, 15) is 14.7 Å². The molecular weight excluding hydrogens is 410 g/mol. The summed E-state index contributed by atoms with van der Waals surface area (Å²) < 4.78 is 5.37. The van der Waals surface area contributed by atoms with E-state index in [0.717, 1.165) is 44.0 Å². The number of carbonyl (C=O) groups excluding carboxylic acids is 2. The Bertz CT molecular complexity index is 971. The largest absolute Gasteiger partial charge is 0.391 e. The summed E-state index contributed by atoms with van der Waals surface area (Å²) in [5.41, 5.74) is 4.60. The van der Waals surface area contributed by atoms with Crippen molar-refractivity contribution < 1.29 is 24.6 Å². The van der Waals surface area contributed by atoms with Gasteiger partial charge in [0.1, 0.15) is 6.04 Å². The van der Waals surface area contributed by atoms with Crippen molar-refractivity contribution in [3.8, 4) is 11.8 Å². The van der Waals surface area contributed by atoms with E-state index in [2.05, 4.69) is 34.2 Å². The number of aliphatic hydroxyl groups is 1. The molecule has 0 spiro atoms. The summed E-state index contributed by atoms with van der Waals surface area (Å²) in [4.78, 5) is 26.2. The third-order valence-electron chi connectivity index (χ3n) is 5.12. The number of amides is 2. The number of morpholine rings is 1. The molecule has 2 aromatic rings. The molecule has 4 N–H and O–H groups in total. The number of benzene rings is 2. The predicted molar refractivity (Wildman–Crippen MR) is 118 cm³/mol. The number of rotatable bonds is 6. The minimum atomic E-state index is -1.27. The van der Waals surface area contributed by atoms with E-state index in [1.165, 1.54) is 18.0 Å². The van der Waals surface area contributed by atoms with Gasteiger partial charge < -0.3 is 15.2 Å². The molecule has 0 radical (unpaired) electrons. The van der Waals surface area contributed by atoms with Gasteiger partial charge in [-0.15, -0.1) is 0 Å². The molecule has 2 amide bonds. The standard InChI is InChI=1S/C24H27N3O5/c1-17(28)22(24(30)26-31)25-23(29)21-10-8-19(9-11-21)3-2-18-4-6-20(7-5-18)16-27-12-14-32-15-13-27/h4-11,17,22,28,31H,12-16H2,1H3,(H,25,29)(H,26,30)/t17-,22-/m0/s1. The first-order valence-electron chi connectivity index (χ1n) is 10.4. The second-order valence-electron chi connectivity index (χ2n) is 7.58. The predicted octanol–water partition coefficient (Wildman–Crippen LogP) is 0.903. The Morgan fingerprint density at radius 1 is 1.03 bits per heavy atom. The number of hydroxylamine groups is 1. The highest BCUT2D eigenvalue weighted by Crippen LogP contribution is 2.10. The summed E-state index contributed by atoms with van der Waals surface area (Å²) >= 11 is 0. The average molecular weight is 437 g/mol. The minimum absolute atomic E-state index is 0.305. The van der Waals surface area contributed by atoms with Gasteiger partial charge in [-0.1, -0.05) is 24.0 Å². The van der Waals surface area contributed by atoms with Gasteiger partial charge in [0.05, 0.1) is 19.3 Å². The SMILES string of the molecule is C[C@H](O)[C@H](NC(=O)c1ccc(C#Cc2ccc(CN3CCOCC3)cc2)cc1)C(=O)NO. The Morgan fingerprint density at radius 2 is 1.59 bits per heavy atom. The van der Waals surface area contributed by atoms with Crippen molar-refractivity contribution in [2.24, 2.45) is 0 Å². The lowest BCUT2D eigenvalue weighted by Gasteiger charge is -2.26. The van der Waals surface area contributed by atoms with Gasteiger partial charge in [-0.25, -0.2) is 5.48 Å². The van der Waals surface area contributed by atoms with Gasteiger partial charge in [-0.05, 0) is 48.9 Å². The van der Waals surface area contributed by atoms with E-state index in [0.29, 0.717) is 5.56 Å². The Hall–Kier alpha value is -3.22. The first-order chi connectivity index (χ1) is 15.5. The normalized spacial score (nSPS) is 15.7. The number of aliphatic hydroxyl groups excluding tert-OH is 1. The summed E-state index contributed by atoms with van der Waals surface area (Å²) in [5.74, 6) is 4.74. The number of nitrogens with one attached hydrogen (secondary N) is 2. The van der Waals surface area contributed by atoms with Crippen molar-refractivity contribution >= 4 is 11.8 Å². The van der Waals surface area contributed by atoms with Crippen LogP contribution in [0, 0.1) is 11.8 Å². The van der Waals surface area contributed by atoms with Crippen LogP contribution in [0.5, 0.6) is 0 Å². The summed E-state index contributed by atoms with van der Waals surface area (Å²) in [7, 11) is 0. The Balaban J connectivity index is 1.58. The maximum absolute atomic E-state index is 12.3. The van der Waals surface area contributed by atoms with E-state index < -0.39 is 24.0 Å². The van der Waals surface area contributed by atoms with E-state index >= 15 is 0 Å². The number of hydrogen-bond acceptors (Lipinski definition) is 6.